The number of hydrogen-bond acceptors (Lipinski definition) is 2. The van der Waals surface area contributed by atoms with E-state index in [1.165, 1.54) is 6.07 Å². The Labute approximate surface area is 129 Å². The largest absolute Gasteiger partial charge is 0.398 e. The van der Waals surface area contributed by atoms with Crippen LogP contribution in [0.2, 0.25) is 0 Å². The molecule has 2 nitrogen and oxygen atoms in total. The standard InChI is InChI=1S/C13H10Br2FNOS/c14-9-2-4-13(12(17)6-9)19(18)7-8-1-3-11(16)10(15)5-8/h1-6H,7,17H2. The number of halogens is 3. The van der Waals surface area contributed by atoms with Crippen LogP contribution < -0.4 is 5.73 Å². The third-order valence-electron chi connectivity index (χ3n) is 2.50. The number of benzene rings is 2. The molecular weight excluding hydrogens is 397 g/mol. The van der Waals surface area contributed by atoms with E-state index in [0.29, 0.717) is 20.8 Å². The lowest BCUT2D eigenvalue weighted by Gasteiger charge is -2.07. The highest BCUT2D eigenvalue weighted by Crippen LogP contribution is 2.24. The van der Waals surface area contributed by atoms with Gasteiger partial charge in [0.05, 0.1) is 25.9 Å². The summed E-state index contributed by atoms with van der Waals surface area (Å²) in [6.45, 7) is 0. The average molecular weight is 407 g/mol. The normalized spacial score (nSPS) is 12.4. The van der Waals surface area contributed by atoms with Crippen molar-refractivity contribution in [2.24, 2.45) is 0 Å². The van der Waals surface area contributed by atoms with Gasteiger partial charge in [0.25, 0.3) is 0 Å². The van der Waals surface area contributed by atoms with Crippen molar-refractivity contribution in [2.75, 3.05) is 5.73 Å². The van der Waals surface area contributed by atoms with Crippen LogP contribution in [0.1, 0.15) is 5.56 Å². The molecular formula is C13H10Br2FNOS. The molecule has 19 heavy (non-hydrogen) atoms. The Morgan fingerprint density at radius 1 is 1.16 bits per heavy atom. The van der Waals surface area contributed by atoms with Gasteiger partial charge in [0.15, 0.2) is 0 Å². The molecule has 0 saturated carbocycles. The molecule has 0 amide bonds. The van der Waals surface area contributed by atoms with Crippen LogP contribution in [0.5, 0.6) is 0 Å². The van der Waals surface area contributed by atoms with E-state index in [-0.39, 0.29) is 5.82 Å². The van der Waals surface area contributed by atoms with Crippen LogP contribution in [0.3, 0.4) is 0 Å². The Morgan fingerprint density at radius 2 is 1.89 bits per heavy atom. The summed E-state index contributed by atoms with van der Waals surface area (Å²) >= 11 is 6.41. The van der Waals surface area contributed by atoms with Crippen molar-refractivity contribution in [3.8, 4) is 0 Å². The van der Waals surface area contributed by atoms with Crippen LogP contribution in [0.4, 0.5) is 10.1 Å². The zero-order chi connectivity index (χ0) is 14.0. The molecule has 1 atom stereocenters. The van der Waals surface area contributed by atoms with Crippen LogP contribution in [0, 0.1) is 5.82 Å². The molecule has 2 aromatic carbocycles. The second kappa shape index (κ2) is 6.15. The van der Waals surface area contributed by atoms with Crippen molar-refractivity contribution in [1.29, 1.82) is 0 Å². The molecule has 0 aliphatic carbocycles. The molecule has 0 aliphatic rings. The molecule has 0 fully saturated rings. The van der Waals surface area contributed by atoms with Crippen molar-refractivity contribution < 1.29 is 8.60 Å². The first-order chi connectivity index (χ1) is 8.97. The molecule has 0 bridgehead atoms. The Balaban J connectivity index is 2.23. The van der Waals surface area contributed by atoms with Gasteiger partial charge in [-0.2, -0.15) is 0 Å². The zero-order valence-corrected chi connectivity index (χ0v) is 13.7. The summed E-state index contributed by atoms with van der Waals surface area (Å²) in [6.07, 6.45) is 0. The topological polar surface area (TPSA) is 43.1 Å². The fraction of sp³-hybridized carbons (Fsp3) is 0.0769. The van der Waals surface area contributed by atoms with Crippen molar-refractivity contribution in [2.45, 2.75) is 10.6 Å². The highest BCUT2D eigenvalue weighted by molar-refractivity contribution is 9.10. The van der Waals surface area contributed by atoms with Crippen molar-refractivity contribution in [1.82, 2.24) is 0 Å². The van der Waals surface area contributed by atoms with Gasteiger partial charge in [-0.05, 0) is 51.8 Å². The van der Waals surface area contributed by atoms with Crippen LogP contribution in [0.25, 0.3) is 0 Å². The third kappa shape index (κ3) is 3.64. The van der Waals surface area contributed by atoms with Gasteiger partial charge in [0, 0.05) is 10.2 Å². The number of hydrogen-bond donors (Lipinski definition) is 1. The van der Waals surface area contributed by atoms with E-state index in [0.717, 1.165) is 10.0 Å². The minimum atomic E-state index is -1.26. The predicted molar refractivity (Wildman–Crippen MR) is 82.8 cm³/mol. The van der Waals surface area contributed by atoms with E-state index in [4.69, 9.17) is 5.73 Å². The predicted octanol–water partition coefficient (Wildman–Crippen LogP) is 4.24. The molecule has 6 heteroatoms. The fourth-order valence-electron chi connectivity index (χ4n) is 1.59. The van der Waals surface area contributed by atoms with E-state index in [2.05, 4.69) is 31.9 Å². The number of anilines is 1. The molecule has 0 saturated heterocycles. The van der Waals surface area contributed by atoms with Gasteiger partial charge in [-0.1, -0.05) is 22.0 Å². The lowest BCUT2D eigenvalue weighted by atomic mass is 10.2. The van der Waals surface area contributed by atoms with Gasteiger partial charge in [0.1, 0.15) is 5.82 Å². The number of nitrogens with two attached hydrogens (primary N) is 1. The summed E-state index contributed by atoms with van der Waals surface area (Å²) < 4.78 is 26.6. The smallest absolute Gasteiger partial charge is 0.137 e. The first-order valence-electron chi connectivity index (χ1n) is 5.34. The van der Waals surface area contributed by atoms with Crippen LogP contribution in [0.15, 0.2) is 50.2 Å². The Morgan fingerprint density at radius 3 is 2.53 bits per heavy atom. The second-order valence-corrected chi connectivity index (χ2v) is 7.11. The van der Waals surface area contributed by atoms with Crippen LogP contribution >= 0.6 is 31.9 Å². The molecule has 100 valence electrons. The fourth-order valence-corrected chi connectivity index (χ4v) is 3.57. The Bertz CT molecular complexity index is 649. The molecule has 0 heterocycles. The SMILES string of the molecule is Nc1cc(Br)ccc1S(=O)Cc1ccc(F)c(Br)c1. The molecule has 0 radical (unpaired) electrons. The van der Waals surface area contributed by atoms with E-state index in [1.54, 1.807) is 30.3 Å². The van der Waals surface area contributed by atoms with Crippen molar-refractivity contribution in [3.63, 3.8) is 0 Å². The quantitative estimate of drug-likeness (QED) is 0.774. The summed E-state index contributed by atoms with van der Waals surface area (Å²) in [5.41, 5.74) is 7.10. The maximum Gasteiger partial charge on any atom is 0.137 e. The third-order valence-corrected chi connectivity index (χ3v) is 5.06. The van der Waals surface area contributed by atoms with E-state index < -0.39 is 10.8 Å². The summed E-state index contributed by atoms with van der Waals surface area (Å²) in [4.78, 5) is 0.587. The number of nitrogen functional groups attached to an aromatic ring is 1. The summed E-state index contributed by atoms with van der Waals surface area (Å²) in [5, 5.41) is 0. The number of rotatable bonds is 3. The summed E-state index contributed by atoms with van der Waals surface area (Å²) in [5.74, 6) is -0.0391. The molecule has 1 unspecified atom stereocenters. The average Bonchev–Trinajstić information content (AvgIpc) is 2.33. The van der Waals surface area contributed by atoms with Gasteiger partial charge in [0.2, 0.25) is 0 Å². The van der Waals surface area contributed by atoms with Crippen molar-refractivity contribution >= 4 is 48.3 Å². The minimum Gasteiger partial charge on any atom is -0.398 e. The zero-order valence-electron chi connectivity index (χ0n) is 9.70. The van der Waals surface area contributed by atoms with Crippen LogP contribution in [-0.4, -0.2) is 4.21 Å². The Kier molecular flexibility index (Phi) is 4.76. The molecule has 0 aromatic heterocycles. The minimum absolute atomic E-state index is 0.296. The summed E-state index contributed by atoms with van der Waals surface area (Å²) in [6, 6.07) is 9.84. The van der Waals surface area contributed by atoms with E-state index in [1.807, 2.05) is 0 Å². The van der Waals surface area contributed by atoms with Gasteiger partial charge >= 0.3 is 0 Å². The lowest BCUT2D eigenvalue weighted by Crippen LogP contribution is -2.01. The maximum atomic E-state index is 13.1. The first-order valence-corrected chi connectivity index (χ1v) is 8.25. The van der Waals surface area contributed by atoms with E-state index in [9.17, 15) is 8.60 Å². The molecule has 2 rings (SSSR count). The van der Waals surface area contributed by atoms with Crippen LogP contribution in [-0.2, 0) is 16.6 Å². The van der Waals surface area contributed by atoms with Gasteiger partial charge in [-0.25, -0.2) is 4.39 Å². The summed E-state index contributed by atoms with van der Waals surface area (Å²) in [7, 11) is -1.26. The monoisotopic (exact) mass is 405 g/mol. The van der Waals surface area contributed by atoms with E-state index >= 15 is 0 Å². The molecule has 0 aliphatic heterocycles. The first kappa shape index (κ1) is 14.7. The molecule has 2 aromatic rings. The Hall–Kier alpha value is -0.720. The van der Waals surface area contributed by atoms with Gasteiger partial charge in [-0.15, -0.1) is 0 Å². The second-order valence-electron chi connectivity index (χ2n) is 3.92. The maximum absolute atomic E-state index is 13.1. The van der Waals surface area contributed by atoms with Gasteiger partial charge in [-0.3, -0.25) is 4.21 Å². The highest BCUT2D eigenvalue weighted by atomic mass is 79.9. The molecule has 0 spiro atoms. The van der Waals surface area contributed by atoms with Crippen molar-refractivity contribution in [3.05, 3.63) is 56.7 Å². The molecule has 2 N–H and O–H groups in total. The highest BCUT2D eigenvalue weighted by Gasteiger charge is 2.10. The lowest BCUT2D eigenvalue weighted by molar-refractivity contribution is 0.620. The van der Waals surface area contributed by atoms with Gasteiger partial charge < -0.3 is 5.73 Å².